The number of phenols is 1. The van der Waals surface area contributed by atoms with Crippen LogP contribution in [0.1, 0.15) is 63.7 Å². The topological polar surface area (TPSA) is 285 Å². The number of amides is 2. The number of hydroxylamine groups is 2. The number of thioether (sulfide) groups is 2. The molecule has 0 spiro atoms. The second-order valence-corrected chi connectivity index (χ2v) is 25.4. The Kier molecular flexibility index (Phi) is 28.8. The van der Waals surface area contributed by atoms with E-state index in [1.807, 2.05) is 200 Å². The standard InChI is InChI=1S/C20H17NO5S.C20H17NO3S.C20H16O3S.C12H10O2.C8H6O2.H2O/c22-20(21-23)19-9-5-4-6-15(19)14-27(24,25)18-12-10-17(11-13-18)26-16-7-2-1-3-8-16;22-20(21-23)19-9-5-4-6-15(19)14-25-18-12-10-17(11-13-18)24-16-7-2-1-3-8-16;21-20(22)19-9-5-4-6-15(19)14-24-18-12-10-17(11-13-18)23-16-7-2-1-3-8-16;13-10-6-8-12(9-7-10)14-11-4-2-1-3-5-11;9-8-7-4-2-1-3-6(7)5-10-8;/h1-13,23H,14H2,(H,21,22);1-13,23H,14H2,(H,21,22);1-13H,14H2,(H,21,22);1-9,13H;1-4H,5H2;1H2. The monoisotopic (exact) mass is 1410 g/mol. The molecule has 2 amide bonds. The number of cyclic esters (lactones) is 1. The van der Waals surface area contributed by atoms with E-state index in [1.54, 1.807) is 120 Å². The first-order chi connectivity index (χ1) is 48.7. The van der Waals surface area contributed by atoms with E-state index in [4.69, 9.17) is 39.2 Å². The number of carboxylic acid groups (broad SMARTS) is 1. The molecule has 101 heavy (non-hydrogen) atoms. The number of ether oxygens (including phenoxy) is 5. The van der Waals surface area contributed by atoms with Gasteiger partial charge in [-0.25, -0.2) is 29.0 Å². The number of rotatable bonds is 20. The number of phenolic OH excluding ortho intramolecular Hbond substituents is 1. The van der Waals surface area contributed by atoms with Crippen LogP contribution >= 0.6 is 23.5 Å². The van der Waals surface area contributed by atoms with Crippen LogP contribution in [0.4, 0.5) is 0 Å². The van der Waals surface area contributed by atoms with Gasteiger partial charge >= 0.3 is 11.9 Å². The molecule has 0 aliphatic carbocycles. The van der Waals surface area contributed by atoms with Crippen molar-refractivity contribution in [1.82, 2.24) is 11.0 Å². The van der Waals surface area contributed by atoms with Crippen molar-refractivity contribution in [2.24, 2.45) is 0 Å². The molecule has 0 saturated heterocycles. The average Bonchev–Trinajstić information content (AvgIpc) is 1.79. The summed E-state index contributed by atoms with van der Waals surface area (Å²) in [6.45, 7) is 0.439. The third-order valence-electron chi connectivity index (χ3n) is 14.3. The third-order valence-corrected chi connectivity index (χ3v) is 18.1. The van der Waals surface area contributed by atoms with Gasteiger partial charge in [-0.1, -0.05) is 146 Å². The van der Waals surface area contributed by atoms with Gasteiger partial charge in [-0.2, -0.15) is 0 Å². The molecule has 18 nitrogen and oxygen atoms in total. The second-order valence-electron chi connectivity index (χ2n) is 21.3. The Morgan fingerprint density at radius 3 is 1.11 bits per heavy atom. The maximum Gasteiger partial charge on any atom is 0.338 e. The molecule has 21 heteroatoms. The van der Waals surface area contributed by atoms with Gasteiger partial charge in [0.05, 0.1) is 21.8 Å². The first-order valence-electron chi connectivity index (χ1n) is 30.8. The minimum absolute atomic E-state index is 0. The summed E-state index contributed by atoms with van der Waals surface area (Å²) in [5.41, 5.74) is 7.83. The number of hydrogen-bond donors (Lipinski definition) is 6. The third kappa shape index (κ3) is 23.6. The lowest BCUT2D eigenvalue weighted by molar-refractivity contribution is 0.0534. The molecule has 0 fully saturated rings. The van der Waals surface area contributed by atoms with Crippen LogP contribution in [0.2, 0.25) is 0 Å². The smallest absolute Gasteiger partial charge is 0.338 e. The summed E-state index contributed by atoms with van der Waals surface area (Å²) in [6, 6.07) is 94.2. The summed E-state index contributed by atoms with van der Waals surface area (Å²) in [7, 11) is -3.68. The van der Waals surface area contributed by atoms with Gasteiger partial charge in [0.1, 0.15) is 58.4 Å². The van der Waals surface area contributed by atoms with Crippen molar-refractivity contribution in [2.45, 2.75) is 38.6 Å². The van der Waals surface area contributed by atoms with Crippen LogP contribution < -0.4 is 29.9 Å². The van der Waals surface area contributed by atoms with Gasteiger partial charge in [0.25, 0.3) is 11.8 Å². The lowest BCUT2D eigenvalue weighted by Gasteiger charge is -2.10. The van der Waals surface area contributed by atoms with Crippen molar-refractivity contribution in [2.75, 3.05) is 0 Å². The van der Waals surface area contributed by atoms with Gasteiger partial charge in [0.2, 0.25) is 0 Å². The molecule has 0 radical (unpaired) electrons. The molecular formula is C80H68N2O16S3. The number of para-hydroxylation sites is 4. The SMILES string of the molecule is O.O=C(NO)c1ccccc1CS(=O)(=O)c1ccc(Oc2ccccc2)cc1.O=C(NO)c1ccccc1CSc1ccc(Oc2ccccc2)cc1.O=C(O)c1ccccc1CSc1ccc(Oc2ccccc2)cc1.O=C1OCc2ccccc21.Oc1ccc(Oc2ccccc2)cc1. The number of carboxylic acids is 1. The van der Waals surface area contributed by atoms with Crippen molar-refractivity contribution >= 4 is 57.1 Å². The lowest BCUT2D eigenvalue weighted by Crippen LogP contribution is -2.21. The number of fused-ring (bicyclic) bond motifs is 1. The Bertz CT molecular complexity index is 4700. The van der Waals surface area contributed by atoms with Gasteiger partial charge in [-0.05, 0) is 187 Å². The van der Waals surface area contributed by atoms with Crippen molar-refractivity contribution in [1.29, 1.82) is 0 Å². The molecule has 0 aromatic heterocycles. The van der Waals surface area contributed by atoms with E-state index in [2.05, 4.69) is 0 Å². The predicted octanol–water partition coefficient (Wildman–Crippen LogP) is 17.6. The molecule has 12 aromatic carbocycles. The van der Waals surface area contributed by atoms with E-state index in [0.717, 1.165) is 55.2 Å². The van der Waals surface area contributed by atoms with Crippen LogP contribution in [-0.4, -0.2) is 58.3 Å². The zero-order valence-corrected chi connectivity index (χ0v) is 56.3. The Hall–Kier alpha value is -12.0. The molecule has 512 valence electrons. The molecule has 8 N–H and O–H groups in total. The maximum atomic E-state index is 12.7. The Balaban J connectivity index is 0.000000165. The highest BCUT2D eigenvalue weighted by Gasteiger charge is 2.21. The summed E-state index contributed by atoms with van der Waals surface area (Å²) >= 11 is 3.21. The van der Waals surface area contributed by atoms with Crippen LogP contribution in [-0.2, 0) is 38.4 Å². The molecule has 12 aromatic rings. The number of hydrogen-bond acceptors (Lipinski definition) is 16. The number of sulfone groups is 1. The van der Waals surface area contributed by atoms with E-state index < -0.39 is 27.6 Å². The zero-order valence-electron chi connectivity index (χ0n) is 53.9. The average molecular weight is 1410 g/mol. The van der Waals surface area contributed by atoms with E-state index in [1.165, 1.54) is 29.7 Å². The Labute approximate surface area is 592 Å². The Morgan fingerprint density at radius 2 is 0.713 bits per heavy atom. The van der Waals surface area contributed by atoms with Crippen molar-refractivity contribution < 1.29 is 77.4 Å². The summed E-state index contributed by atoms with van der Waals surface area (Å²) in [4.78, 5) is 47.7. The van der Waals surface area contributed by atoms with Crippen molar-refractivity contribution in [3.63, 3.8) is 0 Å². The van der Waals surface area contributed by atoms with E-state index in [9.17, 15) is 32.7 Å². The van der Waals surface area contributed by atoms with Gasteiger partial charge in [-0.15, -0.1) is 23.5 Å². The molecule has 1 aliphatic heterocycles. The minimum atomic E-state index is -3.68. The lowest BCUT2D eigenvalue weighted by atomic mass is 10.1. The molecule has 1 heterocycles. The number of aromatic carboxylic acids is 1. The predicted molar refractivity (Wildman–Crippen MR) is 387 cm³/mol. The highest BCUT2D eigenvalue weighted by Crippen LogP contribution is 2.32. The highest BCUT2D eigenvalue weighted by molar-refractivity contribution is 7.98. The van der Waals surface area contributed by atoms with Gasteiger partial charge in [0.15, 0.2) is 9.84 Å². The first kappa shape index (κ1) is 74.8. The van der Waals surface area contributed by atoms with E-state index in [-0.39, 0.29) is 33.4 Å². The summed E-state index contributed by atoms with van der Waals surface area (Å²) in [6.07, 6.45) is 0. The van der Waals surface area contributed by atoms with E-state index >= 15 is 0 Å². The van der Waals surface area contributed by atoms with Crippen molar-refractivity contribution in [3.8, 4) is 51.7 Å². The second kappa shape index (κ2) is 38.9. The number of carbonyl (C=O) groups excluding carboxylic acids is 3. The fourth-order valence-electron chi connectivity index (χ4n) is 9.32. The van der Waals surface area contributed by atoms with Crippen LogP contribution in [0.5, 0.6) is 51.7 Å². The molecule has 0 unspecified atom stereocenters. The molecule has 0 saturated carbocycles. The zero-order chi connectivity index (χ0) is 70.3. The highest BCUT2D eigenvalue weighted by atomic mass is 32.2. The fraction of sp³-hybridized carbons (Fsp3) is 0.0500. The number of aromatic hydroxyl groups is 1. The summed E-state index contributed by atoms with van der Waals surface area (Å²) in [5, 5.41) is 35.9. The summed E-state index contributed by atoms with van der Waals surface area (Å²) < 4.78 is 52.9. The fourth-order valence-corrected chi connectivity index (χ4v) is 12.5. The number of benzene rings is 12. The van der Waals surface area contributed by atoms with Gasteiger partial charge < -0.3 is 39.4 Å². The Morgan fingerprint density at radius 1 is 0.396 bits per heavy atom. The maximum absolute atomic E-state index is 12.7. The number of nitrogens with one attached hydrogen (secondary N) is 2. The molecule has 0 atom stereocenters. The summed E-state index contributed by atoms with van der Waals surface area (Å²) in [5.74, 6) is 4.59. The van der Waals surface area contributed by atoms with Crippen molar-refractivity contribution in [3.05, 3.63) is 360 Å². The minimum Gasteiger partial charge on any atom is -0.508 e. The molecule has 1 aliphatic rings. The molecule has 0 bridgehead atoms. The van der Waals surface area contributed by atoms with E-state index in [0.29, 0.717) is 57.6 Å². The first-order valence-corrected chi connectivity index (χ1v) is 34.4. The van der Waals surface area contributed by atoms with Gasteiger partial charge in [-0.3, -0.25) is 20.0 Å². The van der Waals surface area contributed by atoms with Crippen LogP contribution in [0.25, 0.3) is 0 Å². The van der Waals surface area contributed by atoms with Crippen LogP contribution in [0, 0.1) is 0 Å². The number of esters is 1. The normalized spacial score (nSPS) is 10.7. The number of carbonyl (C=O) groups is 4. The molecule has 13 rings (SSSR count). The molecular weight excluding hydrogens is 1340 g/mol. The van der Waals surface area contributed by atoms with Gasteiger partial charge in [0, 0.05) is 38.0 Å². The van der Waals surface area contributed by atoms with Crippen LogP contribution in [0.3, 0.4) is 0 Å². The van der Waals surface area contributed by atoms with Crippen LogP contribution in [0.15, 0.2) is 330 Å². The quantitative estimate of drug-likeness (QED) is 0.0179. The largest absolute Gasteiger partial charge is 0.508 e.